The Hall–Kier alpha value is -2.59. The van der Waals surface area contributed by atoms with Crippen LogP contribution in [-0.4, -0.2) is 60.1 Å². The summed E-state index contributed by atoms with van der Waals surface area (Å²) in [4.78, 5) is 32.9. The molecule has 0 atom stereocenters. The van der Waals surface area contributed by atoms with Crippen molar-refractivity contribution in [3.05, 3.63) is 62.7 Å². The highest BCUT2D eigenvalue weighted by atomic mass is 35.5. The van der Waals surface area contributed by atoms with Gasteiger partial charge in [-0.15, -0.1) is 0 Å². The zero-order chi connectivity index (χ0) is 22.7. The van der Waals surface area contributed by atoms with Gasteiger partial charge in [-0.1, -0.05) is 35.1 Å². The Kier molecular flexibility index (Phi) is 7.00. The van der Waals surface area contributed by atoms with Crippen molar-refractivity contribution in [3.63, 3.8) is 0 Å². The minimum Gasteiger partial charge on any atom is -0.379 e. The lowest BCUT2D eigenvalue weighted by molar-refractivity contribution is -0.384. The van der Waals surface area contributed by atoms with Crippen LogP contribution in [0.3, 0.4) is 0 Å². The maximum atomic E-state index is 13.5. The number of amides is 1. The molecular weight excluding hydrogens is 452 g/mol. The van der Waals surface area contributed by atoms with E-state index in [0.717, 1.165) is 41.8 Å². The van der Waals surface area contributed by atoms with Gasteiger partial charge in [0.15, 0.2) is 5.13 Å². The monoisotopic (exact) mass is 474 g/mol. The van der Waals surface area contributed by atoms with E-state index in [-0.39, 0.29) is 16.3 Å². The zero-order valence-electron chi connectivity index (χ0n) is 17.6. The highest BCUT2D eigenvalue weighted by molar-refractivity contribution is 7.22. The number of para-hydroxylation sites is 1. The number of hydrogen-bond donors (Lipinski definition) is 0. The van der Waals surface area contributed by atoms with E-state index < -0.39 is 10.8 Å². The number of carbonyl (C=O) groups excluding carboxylic acids is 1. The maximum Gasteiger partial charge on any atom is 0.270 e. The van der Waals surface area contributed by atoms with Gasteiger partial charge in [0.25, 0.3) is 11.6 Å². The predicted molar refractivity (Wildman–Crippen MR) is 126 cm³/mol. The van der Waals surface area contributed by atoms with E-state index in [1.807, 2.05) is 25.1 Å². The minimum absolute atomic E-state index is 0.100. The number of halogens is 1. The van der Waals surface area contributed by atoms with Crippen LogP contribution in [0.2, 0.25) is 5.02 Å². The van der Waals surface area contributed by atoms with Crippen LogP contribution in [0, 0.1) is 17.0 Å². The van der Waals surface area contributed by atoms with Crippen LogP contribution in [0.1, 0.15) is 22.3 Å². The molecule has 8 nitrogen and oxygen atoms in total. The number of thiazole rings is 1. The maximum absolute atomic E-state index is 13.5. The molecule has 1 fully saturated rings. The first kappa shape index (κ1) is 22.6. The molecule has 0 saturated carbocycles. The lowest BCUT2D eigenvalue weighted by Crippen LogP contribution is -2.39. The molecule has 32 heavy (non-hydrogen) atoms. The first-order valence-corrected chi connectivity index (χ1v) is 11.6. The fourth-order valence-corrected chi connectivity index (χ4v) is 4.95. The number of nitrogens with zero attached hydrogens (tertiary/aromatic N) is 4. The number of ether oxygens (including phenoxy) is 1. The SMILES string of the molecule is Cc1cccc2sc(N(CCCN3CCOCC3)C(=O)c3cc([N+](=O)[O-])ccc3Cl)nc12. The Morgan fingerprint density at radius 3 is 2.81 bits per heavy atom. The van der Waals surface area contributed by atoms with Crippen LogP contribution in [0.25, 0.3) is 10.2 Å². The number of carbonyl (C=O) groups is 1. The normalized spacial score (nSPS) is 14.6. The number of aromatic nitrogens is 1. The van der Waals surface area contributed by atoms with E-state index >= 15 is 0 Å². The molecule has 3 aromatic rings. The number of nitro groups is 1. The van der Waals surface area contributed by atoms with Gasteiger partial charge in [0, 0.05) is 38.3 Å². The Morgan fingerprint density at radius 2 is 2.09 bits per heavy atom. The Labute approximate surface area is 194 Å². The molecule has 168 valence electrons. The van der Waals surface area contributed by atoms with Gasteiger partial charge in [0.05, 0.1) is 38.9 Å². The molecule has 0 spiro atoms. The second-order valence-corrected chi connectivity index (χ2v) is 9.02. The average Bonchev–Trinajstić information content (AvgIpc) is 3.22. The van der Waals surface area contributed by atoms with Crippen molar-refractivity contribution in [2.75, 3.05) is 44.3 Å². The molecule has 1 saturated heterocycles. The van der Waals surface area contributed by atoms with Crippen LogP contribution in [-0.2, 0) is 4.74 Å². The topological polar surface area (TPSA) is 88.8 Å². The highest BCUT2D eigenvalue weighted by Gasteiger charge is 2.25. The molecule has 2 heterocycles. The van der Waals surface area contributed by atoms with Crippen molar-refractivity contribution in [2.45, 2.75) is 13.3 Å². The van der Waals surface area contributed by atoms with E-state index in [4.69, 9.17) is 21.3 Å². The number of morpholine rings is 1. The van der Waals surface area contributed by atoms with E-state index in [2.05, 4.69) is 4.90 Å². The number of rotatable bonds is 7. The van der Waals surface area contributed by atoms with Crippen molar-refractivity contribution < 1.29 is 14.5 Å². The first-order chi connectivity index (χ1) is 15.4. The third kappa shape index (κ3) is 4.91. The van der Waals surface area contributed by atoms with E-state index in [0.29, 0.717) is 24.9 Å². The molecule has 0 bridgehead atoms. The molecule has 1 amide bonds. The smallest absolute Gasteiger partial charge is 0.270 e. The number of fused-ring (bicyclic) bond motifs is 1. The zero-order valence-corrected chi connectivity index (χ0v) is 19.2. The molecule has 1 aliphatic rings. The van der Waals surface area contributed by atoms with Gasteiger partial charge in [-0.05, 0) is 31.0 Å². The van der Waals surface area contributed by atoms with Crippen molar-refractivity contribution in [2.24, 2.45) is 0 Å². The van der Waals surface area contributed by atoms with Crippen LogP contribution in [0.5, 0.6) is 0 Å². The summed E-state index contributed by atoms with van der Waals surface area (Å²) in [7, 11) is 0. The molecule has 4 rings (SSSR count). The number of anilines is 1. The molecule has 0 aliphatic carbocycles. The summed E-state index contributed by atoms with van der Waals surface area (Å²) in [6.07, 6.45) is 0.729. The Bertz CT molecular complexity index is 1150. The summed E-state index contributed by atoms with van der Waals surface area (Å²) >= 11 is 7.71. The van der Waals surface area contributed by atoms with Crippen LogP contribution >= 0.6 is 22.9 Å². The van der Waals surface area contributed by atoms with Crippen LogP contribution in [0.4, 0.5) is 10.8 Å². The molecule has 0 unspecified atom stereocenters. The molecule has 1 aromatic heterocycles. The molecule has 0 radical (unpaired) electrons. The highest BCUT2D eigenvalue weighted by Crippen LogP contribution is 2.33. The first-order valence-electron chi connectivity index (χ1n) is 10.4. The average molecular weight is 475 g/mol. The van der Waals surface area contributed by atoms with E-state index in [1.165, 1.54) is 29.5 Å². The molecule has 1 aliphatic heterocycles. The summed E-state index contributed by atoms with van der Waals surface area (Å²) in [6.45, 7) is 6.38. The molecule has 10 heteroatoms. The van der Waals surface area contributed by atoms with Crippen molar-refractivity contribution >= 4 is 49.9 Å². The van der Waals surface area contributed by atoms with Gasteiger partial charge < -0.3 is 4.74 Å². The summed E-state index contributed by atoms with van der Waals surface area (Å²) in [5.41, 5.74) is 1.80. The standard InChI is InChI=1S/C22H23ClN4O4S/c1-15-4-2-5-19-20(15)24-22(32-19)26(9-3-8-25-10-12-31-13-11-25)21(28)17-14-16(27(29)30)6-7-18(17)23/h2,4-7,14H,3,8-13H2,1H3. The number of nitro benzene ring substituents is 1. The van der Waals surface area contributed by atoms with Gasteiger partial charge in [-0.3, -0.25) is 24.7 Å². The Morgan fingerprint density at radius 1 is 1.31 bits per heavy atom. The largest absolute Gasteiger partial charge is 0.379 e. The third-order valence-corrected chi connectivity index (χ3v) is 6.81. The summed E-state index contributed by atoms with van der Waals surface area (Å²) in [5, 5.41) is 12.0. The van der Waals surface area contributed by atoms with Crippen molar-refractivity contribution in [1.29, 1.82) is 0 Å². The second kappa shape index (κ2) is 9.91. The summed E-state index contributed by atoms with van der Waals surface area (Å²) in [6, 6.07) is 9.83. The molecule has 0 N–H and O–H groups in total. The van der Waals surface area contributed by atoms with Crippen LogP contribution in [0.15, 0.2) is 36.4 Å². The van der Waals surface area contributed by atoms with Crippen LogP contribution < -0.4 is 4.90 Å². The number of hydrogen-bond acceptors (Lipinski definition) is 7. The predicted octanol–water partition coefficient (Wildman–Crippen LogP) is 4.54. The van der Waals surface area contributed by atoms with Gasteiger partial charge in [-0.25, -0.2) is 4.98 Å². The fraction of sp³-hybridized carbons (Fsp3) is 0.364. The van der Waals surface area contributed by atoms with Crippen molar-refractivity contribution in [3.8, 4) is 0 Å². The molecule has 2 aromatic carbocycles. The number of benzene rings is 2. The Balaban J connectivity index is 1.64. The third-order valence-electron chi connectivity index (χ3n) is 5.44. The number of non-ortho nitro benzene ring substituents is 1. The van der Waals surface area contributed by atoms with E-state index in [9.17, 15) is 14.9 Å². The van der Waals surface area contributed by atoms with Crippen molar-refractivity contribution in [1.82, 2.24) is 9.88 Å². The quantitative estimate of drug-likeness (QED) is 0.369. The van der Waals surface area contributed by atoms with Gasteiger partial charge in [0.1, 0.15) is 0 Å². The van der Waals surface area contributed by atoms with E-state index in [1.54, 1.807) is 4.90 Å². The summed E-state index contributed by atoms with van der Waals surface area (Å²) < 4.78 is 6.38. The lowest BCUT2D eigenvalue weighted by atomic mass is 10.1. The van der Waals surface area contributed by atoms with Gasteiger partial charge >= 0.3 is 0 Å². The number of aryl methyl sites for hydroxylation is 1. The summed E-state index contributed by atoms with van der Waals surface area (Å²) in [5.74, 6) is -0.391. The van der Waals surface area contributed by atoms with Gasteiger partial charge in [-0.2, -0.15) is 0 Å². The minimum atomic E-state index is -0.531. The fourth-order valence-electron chi connectivity index (χ4n) is 3.69. The second-order valence-electron chi connectivity index (χ2n) is 7.60. The van der Waals surface area contributed by atoms with Gasteiger partial charge in [0.2, 0.25) is 0 Å². The molecular formula is C22H23ClN4O4S. The lowest BCUT2D eigenvalue weighted by Gasteiger charge is -2.27.